The lowest BCUT2D eigenvalue weighted by atomic mass is 9.80. The third kappa shape index (κ3) is 4.65. The van der Waals surface area contributed by atoms with Crippen molar-refractivity contribution in [2.45, 2.75) is 26.2 Å². The number of methoxy groups -OCH3 is 1. The molecule has 2 aromatic carbocycles. The fourth-order valence-corrected chi connectivity index (χ4v) is 5.38. The highest BCUT2D eigenvalue weighted by Gasteiger charge is 2.31. The molecule has 5 rings (SSSR count). The zero-order chi connectivity index (χ0) is 25.2. The number of aromatic nitrogens is 1. The largest absolute Gasteiger partial charge is 0.497 e. The van der Waals surface area contributed by atoms with E-state index < -0.39 is 6.03 Å². The van der Waals surface area contributed by atoms with Crippen molar-refractivity contribution >= 4 is 34.5 Å². The van der Waals surface area contributed by atoms with E-state index in [-0.39, 0.29) is 5.91 Å². The summed E-state index contributed by atoms with van der Waals surface area (Å²) in [6, 6.07) is 15.5. The monoisotopic (exact) mass is 484 g/mol. The lowest BCUT2D eigenvalue weighted by molar-refractivity contribution is 0.0763. The summed E-state index contributed by atoms with van der Waals surface area (Å²) in [5, 5.41) is 0.884. The van der Waals surface area contributed by atoms with Gasteiger partial charge in [-0.3, -0.25) is 4.79 Å². The summed E-state index contributed by atoms with van der Waals surface area (Å²) in [6.45, 7) is 4.31. The smallest absolute Gasteiger partial charge is 0.314 e. The molecule has 7 nitrogen and oxygen atoms in total. The van der Waals surface area contributed by atoms with E-state index in [1.54, 1.807) is 12.0 Å². The highest BCUT2D eigenvalue weighted by atomic mass is 16.5. The van der Waals surface area contributed by atoms with Gasteiger partial charge >= 0.3 is 6.03 Å². The predicted octanol–water partition coefficient (Wildman–Crippen LogP) is 4.59. The number of hydrogen-bond acceptors (Lipinski definition) is 4. The maximum atomic E-state index is 14.1. The predicted molar refractivity (Wildman–Crippen MR) is 142 cm³/mol. The first-order valence-electron chi connectivity index (χ1n) is 12.5. The number of ether oxygens (including phenoxy) is 1. The molecule has 3 aromatic rings. The van der Waals surface area contributed by atoms with Gasteiger partial charge in [-0.1, -0.05) is 37.3 Å². The number of carbonyl (C=O) groups excluding carboxylic acids is 2. The molecule has 186 valence electrons. The maximum absolute atomic E-state index is 14.1. The Morgan fingerprint density at radius 3 is 2.47 bits per heavy atom. The Kier molecular flexibility index (Phi) is 6.63. The summed E-state index contributed by atoms with van der Waals surface area (Å²) < 4.78 is 5.31. The van der Waals surface area contributed by atoms with Crippen LogP contribution in [0.2, 0.25) is 0 Å². The van der Waals surface area contributed by atoms with Crippen LogP contribution >= 0.6 is 0 Å². The molecule has 1 saturated heterocycles. The van der Waals surface area contributed by atoms with Gasteiger partial charge in [0.15, 0.2) is 0 Å². The zero-order valence-corrected chi connectivity index (χ0v) is 20.9. The molecule has 7 heteroatoms. The number of nitrogens with zero attached hydrogens (tertiary/aromatic N) is 3. The zero-order valence-electron chi connectivity index (χ0n) is 20.9. The lowest BCUT2D eigenvalue weighted by Crippen LogP contribution is -2.40. The Bertz CT molecular complexity index is 1330. The maximum Gasteiger partial charge on any atom is 0.314 e. The van der Waals surface area contributed by atoms with E-state index in [9.17, 15) is 9.59 Å². The summed E-state index contributed by atoms with van der Waals surface area (Å²) in [5.74, 6) is 1.21. The summed E-state index contributed by atoms with van der Waals surface area (Å²) in [7, 11) is 1.66. The van der Waals surface area contributed by atoms with Crippen molar-refractivity contribution in [3.8, 4) is 5.75 Å². The first kappa shape index (κ1) is 23.9. The van der Waals surface area contributed by atoms with E-state index in [4.69, 9.17) is 15.5 Å². The molecular weight excluding hydrogens is 452 g/mol. The minimum absolute atomic E-state index is 0.00840. The number of rotatable bonds is 3. The van der Waals surface area contributed by atoms with Crippen LogP contribution in [0.4, 0.5) is 4.79 Å². The van der Waals surface area contributed by atoms with Gasteiger partial charge in [-0.2, -0.15) is 0 Å². The number of pyridine rings is 1. The van der Waals surface area contributed by atoms with Gasteiger partial charge in [-0.25, -0.2) is 9.78 Å². The Balaban J connectivity index is 1.60. The number of allylic oxidation sites excluding steroid dienone is 1. The van der Waals surface area contributed by atoms with Crippen molar-refractivity contribution in [2.75, 3.05) is 33.3 Å². The summed E-state index contributed by atoms with van der Waals surface area (Å²) in [5.41, 5.74) is 11.2. The SMILES string of the molecule is COc1ccc(C=C2CC(C)Cc3c2nc2ccccc2c3C(=O)N2CCCN(C(N)=O)CC2)cc1. The van der Waals surface area contributed by atoms with E-state index in [1.165, 1.54) is 0 Å². The number of hydrogen-bond donors (Lipinski definition) is 1. The van der Waals surface area contributed by atoms with Crippen molar-refractivity contribution in [2.24, 2.45) is 11.7 Å². The molecule has 2 heterocycles. The number of primary amides is 1. The normalized spacial score (nSPS) is 19.2. The highest BCUT2D eigenvalue weighted by molar-refractivity contribution is 6.09. The molecule has 36 heavy (non-hydrogen) atoms. The Hall–Kier alpha value is -3.87. The molecule has 1 aromatic heterocycles. The molecule has 0 radical (unpaired) electrons. The first-order chi connectivity index (χ1) is 17.4. The standard InChI is InChI=1S/C29H32N4O3/c1-19-16-21(18-20-8-10-22(36-2)11-9-20)27-24(17-19)26(23-6-3-4-7-25(23)31-27)28(34)32-12-5-13-33(15-14-32)29(30)35/h3-4,6-11,18-19H,5,12-17H2,1-2H3,(H2,30,35). The molecule has 0 spiro atoms. The Morgan fingerprint density at radius 1 is 1.00 bits per heavy atom. The second-order valence-corrected chi connectivity index (χ2v) is 9.76. The van der Waals surface area contributed by atoms with Crippen LogP contribution in [0, 0.1) is 5.92 Å². The van der Waals surface area contributed by atoms with Gasteiger partial charge in [0.1, 0.15) is 5.75 Å². The molecule has 1 unspecified atom stereocenters. The summed E-state index contributed by atoms with van der Waals surface area (Å²) in [6.07, 6.45) is 4.59. The van der Waals surface area contributed by atoms with Gasteiger partial charge in [0.2, 0.25) is 0 Å². The van der Waals surface area contributed by atoms with Crippen LogP contribution in [0.3, 0.4) is 0 Å². The van der Waals surface area contributed by atoms with E-state index in [0.717, 1.165) is 57.5 Å². The quantitative estimate of drug-likeness (QED) is 0.589. The van der Waals surface area contributed by atoms with E-state index >= 15 is 0 Å². The molecule has 0 saturated carbocycles. The van der Waals surface area contributed by atoms with E-state index in [0.29, 0.717) is 38.5 Å². The van der Waals surface area contributed by atoms with Crippen molar-refractivity contribution in [1.82, 2.24) is 14.8 Å². The first-order valence-corrected chi connectivity index (χ1v) is 12.5. The summed E-state index contributed by atoms with van der Waals surface area (Å²) >= 11 is 0. The molecule has 2 aliphatic rings. The number of benzene rings is 2. The van der Waals surface area contributed by atoms with Crippen LogP contribution in [0.1, 0.15) is 46.9 Å². The molecule has 1 aliphatic heterocycles. The van der Waals surface area contributed by atoms with Crippen LogP contribution in [0.15, 0.2) is 48.5 Å². The number of urea groups is 1. The second kappa shape index (κ2) is 10.0. The third-order valence-electron chi connectivity index (χ3n) is 7.18. The fraction of sp³-hybridized carbons (Fsp3) is 0.345. The number of para-hydroxylation sites is 1. The van der Waals surface area contributed by atoms with Crippen LogP contribution in [-0.4, -0.2) is 60.0 Å². The van der Waals surface area contributed by atoms with Gasteiger partial charge in [-0.15, -0.1) is 0 Å². The minimum Gasteiger partial charge on any atom is -0.497 e. The Labute approximate surface area is 211 Å². The average molecular weight is 485 g/mol. The van der Waals surface area contributed by atoms with Gasteiger partial charge in [0, 0.05) is 31.6 Å². The fourth-order valence-electron chi connectivity index (χ4n) is 5.38. The van der Waals surface area contributed by atoms with Crippen LogP contribution in [-0.2, 0) is 6.42 Å². The van der Waals surface area contributed by atoms with Crippen molar-refractivity contribution in [1.29, 1.82) is 0 Å². The number of fused-ring (bicyclic) bond motifs is 2. The molecule has 2 N–H and O–H groups in total. The molecule has 1 fully saturated rings. The van der Waals surface area contributed by atoms with Crippen LogP contribution in [0.25, 0.3) is 22.6 Å². The highest BCUT2D eigenvalue weighted by Crippen LogP contribution is 2.39. The molecule has 1 atom stereocenters. The number of carbonyl (C=O) groups is 2. The molecular formula is C29H32N4O3. The summed E-state index contributed by atoms with van der Waals surface area (Å²) in [4.78, 5) is 34.3. The number of nitrogens with two attached hydrogens (primary N) is 1. The van der Waals surface area contributed by atoms with Gasteiger partial charge in [0.25, 0.3) is 5.91 Å². The van der Waals surface area contributed by atoms with Gasteiger partial charge in [0.05, 0.1) is 23.9 Å². The van der Waals surface area contributed by atoms with Gasteiger partial charge < -0.3 is 20.3 Å². The van der Waals surface area contributed by atoms with Crippen molar-refractivity contribution < 1.29 is 14.3 Å². The lowest BCUT2D eigenvalue weighted by Gasteiger charge is -2.29. The number of amides is 3. The second-order valence-electron chi connectivity index (χ2n) is 9.76. The average Bonchev–Trinajstić information content (AvgIpc) is 3.14. The van der Waals surface area contributed by atoms with Crippen molar-refractivity contribution in [3.05, 3.63) is 70.9 Å². The van der Waals surface area contributed by atoms with Crippen molar-refractivity contribution in [3.63, 3.8) is 0 Å². The third-order valence-corrected chi connectivity index (χ3v) is 7.18. The topological polar surface area (TPSA) is 88.8 Å². The van der Waals surface area contributed by atoms with Gasteiger partial charge in [-0.05, 0) is 66.2 Å². The molecule has 3 amide bonds. The molecule has 1 aliphatic carbocycles. The van der Waals surface area contributed by atoms with E-state index in [1.807, 2.05) is 53.4 Å². The van der Waals surface area contributed by atoms with Crippen LogP contribution in [0.5, 0.6) is 5.75 Å². The Morgan fingerprint density at radius 2 is 1.72 bits per heavy atom. The molecule has 0 bridgehead atoms. The minimum atomic E-state index is -0.432. The van der Waals surface area contributed by atoms with Crippen LogP contribution < -0.4 is 10.5 Å². The van der Waals surface area contributed by atoms with E-state index in [2.05, 4.69) is 13.0 Å².